The van der Waals surface area contributed by atoms with Crippen molar-refractivity contribution in [3.8, 4) is 0 Å². The van der Waals surface area contributed by atoms with Gasteiger partial charge in [0.25, 0.3) is 5.91 Å². The SMILES string of the molecule is CCC(C)C(=O)N=C1N(C(=O)OCc2ccccc2)/C(=C\c2ccccc2)C(c2ccccc2)N1C. The van der Waals surface area contributed by atoms with Gasteiger partial charge in [-0.3, -0.25) is 4.79 Å². The summed E-state index contributed by atoms with van der Waals surface area (Å²) in [4.78, 5) is 34.3. The van der Waals surface area contributed by atoms with Crippen molar-refractivity contribution in [3.05, 3.63) is 113 Å². The minimum atomic E-state index is -0.581. The van der Waals surface area contributed by atoms with E-state index in [1.165, 1.54) is 4.90 Å². The Morgan fingerprint density at radius 1 is 0.944 bits per heavy atom. The zero-order valence-corrected chi connectivity index (χ0v) is 20.9. The number of benzene rings is 3. The monoisotopic (exact) mass is 481 g/mol. The third kappa shape index (κ3) is 5.54. The molecule has 0 aromatic heterocycles. The normalized spacial score (nSPS) is 18.5. The third-order valence-electron chi connectivity index (χ3n) is 6.30. The maximum absolute atomic E-state index is 13.6. The largest absolute Gasteiger partial charge is 0.444 e. The molecular formula is C30H31N3O3. The number of nitrogens with zero attached hydrogens (tertiary/aromatic N) is 3. The predicted octanol–water partition coefficient (Wildman–Crippen LogP) is 6.28. The van der Waals surface area contributed by atoms with Crippen molar-refractivity contribution in [2.24, 2.45) is 10.9 Å². The van der Waals surface area contributed by atoms with E-state index >= 15 is 0 Å². The highest BCUT2D eigenvalue weighted by Crippen LogP contribution is 2.39. The lowest BCUT2D eigenvalue weighted by Gasteiger charge is -2.20. The molecule has 0 aliphatic carbocycles. The number of hydrogen-bond acceptors (Lipinski definition) is 3. The summed E-state index contributed by atoms with van der Waals surface area (Å²) >= 11 is 0. The van der Waals surface area contributed by atoms with E-state index in [9.17, 15) is 9.59 Å². The number of ether oxygens (including phenoxy) is 1. The summed E-state index contributed by atoms with van der Waals surface area (Å²) in [5.74, 6) is -0.271. The van der Waals surface area contributed by atoms with Crippen molar-refractivity contribution in [1.82, 2.24) is 9.80 Å². The molecule has 0 spiro atoms. The Bertz CT molecular complexity index is 1240. The van der Waals surface area contributed by atoms with Gasteiger partial charge in [0, 0.05) is 13.0 Å². The van der Waals surface area contributed by atoms with Gasteiger partial charge in [-0.1, -0.05) is 105 Å². The first-order chi connectivity index (χ1) is 17.5. The molecule has 1 heterocycles. The van der Waals surface area contributed by atoms with Crippen molar-refractivity contribution in [2.45, 2.75) is 32.9 Å². The molecule has 2 atom stereocenters. The van der Waals surface area contributed by atoms with E-state index in [2.05, 4.69) is 4.99 Å². The molecule has 36 heavy (non-hydrogen) atoms. The molecule has 6 heteroatoms. The molecule has 3 aromatic carbocycles. The number of guanidine groups is 1. The van der Waals surface area contributed by atoms with Crippen molar-refractivity contribution >= 4 is 24.0 Å². The number of likely N-dealkylation sites (N-methyl/N-ethyl adjacent to an activating group) is 1. The molecule has 0 saturated carbocycles. The maximum atomic E-state index is 13.6. The van der Waals surface area contributed by atoms with Gasteiger partial charge in [0.2, 0.25) is 5.96 Å². The third-order valence-corrected chi connectivity index (χ3v) is 6.30. The fourth-order valence-corrected chi connectivity index (χ4v) is 4.09. The van der Waals surface area contributed by atoms with Crippen LogP contribution in [0.5, 0.6) is 0 Å². The summed E-state index contributed by atoms with van der Waals surface area (Å²) in [7, 11) is 1.85. The van der Waals surface area contributed by atoms with Gasteiger partial charge in [-0.2, -0.15) is 4.99 Å². The molecule has 0 N–H and O–H groups in total. The highest BCUT2D eigenvalue weighted by atomic mass is 16.6. The number of aliphatic imine (C=N–C) groups is 1. The smallest absolute Gasteiger partial charge is 0.421 e. The number of rotatable bonds is 6. The first-order valence-corrected chi connectivity index (χ1v) is 12.2. The minimum Gasteiger partial charge on any atom is -0.444 e. The molecule has 2 unspecified atom stereocenters. The first kappa shape index (κ1) is 24.9. The number of carbonyl (C=O) groups excluding carboxylic acids is 2. The second kappa shape index (κ2) is 11.5. The molecule has 0 radical (unpaired) electrons. The van der Waals surface area contributed by atoms with Crippen LogP contribution in [0.25, 0.3) is 6.08 Å². The van der Waals surface area contributed by atoms with Crippen LogP contribution in [0, 0.1) is 5.92 Å². The fraction of sp³-hybridized carbons (Fsp3) is 0.233. The van der Waals surface area contributed by atoms with Crippen LogP contribution >= 0.6 is 0 Å². The molecule has 1 aliphatic heterocycles. The molecule has 2 amide bonds. The van der Waals surface area contributed by atoms with Gasteiger partial charge in [0.05, 0.1) is 11.7 Å². The maximum Gasteiger partial charge on any atom is 0.421 e. The van der Waals surface area contributed by atoms with E-state index in [1.54, 1.807) is 0 Å². The van der Waals surface area contributed by atoms with Crippen molar-refractivity contribution in [1.29, 1.82) is 0 Å². The Labute approximate surface area is 212 Å². The van der Waals surface area contributed by atoms with Crippen LogP contribution in [-0.2, 0) is 16.1 Å². The molecule has 3 aromatic rings. The van der Waals surface area contributed by atoms with Gasteiger partial charge in [0.15, 0.2) is 0 Å². The summed E-state index contributed by atoms with van der Waals surface area (Å²) in [5.41, 5.74) is 3.45. The van der Waals surface area contributed by atoms with Gasteiger partial charge in [0.1, 0.15) is 6.61 Å². The van der Waals surface area contributed by atoms with Crippen LogP contribution in [0.4, 0.5) is 4.79 Å². The van der Waals surface area contributed by atoms with E-state index in [0.717, 1.165) is 16.7 Å². The second-order valence-corrected chi connectivity index (χ2v) is 8.84. The molecule has 1 aliphatic rings. The van der Waals surface area contributed by atoms with Gasteiger partial charge >= 0.3 is 6.09 Å². The first-order valence-electron chi connectivity index (χ1n) is 12.2. The summed E-state index contributed by atoms with van der Waals surface area (Å²) in [6.45, 7) is 3.90. The lowest BCUT2D eigenvalue weighted by molar-refractivity contribution is -0.121. The summed E-state index contributed by atoms with van der Waals surface area (Å²) < 4.78 is 5.74. The van der Waals surface area contributed by atoms with Gasteiger partial charge in [-0.05, 0) is 29.2 Å². The highest BCUT2D eigenvalue weighted by Gasteiger charge is 2.43. The molecule has 0 bridgehead atoms. The predicted molar refractivity (Wildman–Crippen MR) is 142 cm³/mol. The van der Waals surface area contributed by atoms with Crippen LogP contribution in [0.3, 0.4) is 0 Å². The van der Waals surface area contributed by atoms with Crippen LogP contribution in [0.1, 0.15) is 43.0 Å². The number of amides is 2. The van der Waals surface area contributed by atoms with Crippen molar-refractivity contribution in [3.63, 3.8) is 0 Å². The quantitative estimate of drug-likeness (QED) is 0.416. The number of hydrogen-bond donors (Lipinski definition) is 0. The zero-order valence-electron chi connectivity index (χ0n) is 20.9. The fourth-order valence-electron chi connectivity index (χ4n) is 4.09. The Balaban J connectivity index is 1.81. The zero-order chi connectivity index (χ0) is 25.5. The highest BCUT2D eigenvalue weighted by molar-refractivity contribution is 6.05. The van der Waals surface area contributed by atoms with E-state index < -0.39 is 6.09 Å². The molecular weight excluding hydrogens is 450 g/mol. The van der Waals surface area contributed by atoms with Gasteiger partial charge in [-0.15, -0.1) is 0 Å². The summed E-state index contributed by atoms with van der Waals surface area (Å²) in [6.07, 6.45) is 2.03. The van der Waals surface area contributed by atoms with Crippen molar-refractivity contribution < 1.29 is 14.3 Å². The van der Waals surface area contributed by atoms with Crippen molar-refractivity contribution in [2.75, 3.05) is 7.05 Å². The topological polar surface area (TPSA) is 62.2 Å². The van der Waals surface area contributed by atoms with Crippen LogP contribution in [0.2, 0.25) is 0 Å². The van der Waals surface area contributed by atoms with Crippen LogP contribution < -0.4 is 0 Å². The summed E-state index contributed by atoms with van der Waals surface area (Å²) in [6, 6.07) is 28.9. The lowest BCUT2D eigenvalue weighted by atomic mass is 10.0. The lowest BCUT2D eigenvalue weighted by Crippen LogP contribution is -2.37. The second-order valence-electron chi connectivity index (χ2n) is 8.84. The van der Waals surface area contributed by atoms with E-state index in [-0.39, 0.29) is 30.4 Å². The van der Waals surface area contributed by atoms with Gasteiger partial charge in [-0.25, -0.2) is 9.69 Å². The molecule has 1 saturated heterocycles. The van der Waals surface area contributed by atoms with Crippen LogP contribution in [0.15, 0.2) is 102 Å². The average molecular weight is 482 g/mol. The standard InChI is InChI=1S/C30H31N3O3/c1-4-22(2)28(34)31-29-32(3)27(25-18-12-7-13-19-25)26(20-23-14-8-5-9-15-23)33(29)30(35)36-21-24-16-10-6-11-17-24/h5-20,22,27H,4,21H2,1-3H3/b26-20-,31-29?. The molecule has 4 rings (SSSR count). The Kier molecular flexibility index (Phi) is 7.95. The average Bonchev–Trinajstić information content (AvgIpc) is 3.18. The minimum absolute atomic E-state index is 0.112. The Morgan fingerprint density at radius 2 is 1.53 bits per heavy atom. The Hall–Kier alpha value is -4.19. The van der Waals surface area contributed by atoms with E-state index in [1.807, 2.05) is 123 Å². The molecule has 6 nitrogen and oxygen atoms in total. The summed E-state index contributed by atoms with van der Waals surface area (Å²) in [5, 5.41) is 0. The van der Waals surface area contributed by atoms with Gasteiger partial charge < -0.3 is 9.64 Å². The van der Waals surface area contributed by atoms with E-state index in [4.69, 9.17) is 4.74 Å². The molecule has 1 fully saturated rings. The Morgan fingerprint density at radius 3 is 2.14 bits per heavy atom. The number of carbonyl (C=O) groups is 2. The molecule has 184 valence electrons. The van der Waals surface area contributed by atoms with E-state index in [0.29, 0.717) is 12.1 Å². The van der Waals surface area contributed by atoms with Crippen LogP contribution in [-0.4, -0.2) is 34.8 Å².